The molecule has 1 aromatic rings. The van der Waals surface area contributed by atoms with Gasteiger partial charge in [0.1, 0.15) is 0 Å². The number of rotatable bonds is 9. The lowest BCUT2D eigenvalue weighted by molar-refractivity contribution is 0.162. The van der Waals surface area contributed by atoms with Gasteiger partial charge in [-0.25, -0.2) is 13.1 Å². The zero-order valence-corrected chi connectivity index (χ0v) is 12.8. The van der Waals surface area contributed by atoms with Crippen LogP contribution in [0.15, 0.2) is 24.3 Å². The van der Waals surface area contributed by atoms with Gasteiger partial charge in [-0.2, -0.15) is 0 Å². The van der Waals surface area contributed by atoms with Crippen LogP contribution in [0.25, 0.3) is 0 Å². The molecule has 0 heterocycles. The second kappa shape index (κ2) is 8.21. The molecule has 0 bridgehead atoms. The molecule has 0 aromatic heterocycles. The van der Waals surface area contributed by atoms with E-state index in [1.54, 1.807) is 31.4 Å². The molecule has 114 valence electrons. The summed E-state index contributed by atoms with van der Waals surface area (Å²) in [5.74, 6) is -0.0557. The second-order valence-corrected chi connectivity index (χ2v) is 6.50. The average Bonchev–Trinajstić information content (AvgIpc) is 2.35. The van der Waals surface area contributed by atoms with Crippen LogP contribution in [0.1, 0.15) is 5.56 Å². The van der Waals surface area contributed by atoms with Crippen LogP contribution in [0.3, 0.4) is 0 Å². The van der Waals surface area contributed by atoms with E-state index in [2.05, 4.69) is 4.72 Å². The fourth-order valence-electron chi connectivity index (χ4n) is 1.70. The van der Waals surface area contributed by atoms with E-state index in [-0.39, 0.29) is 5.75 Å². The topological polar surface area (TPSA) is 84.7 Å². The summed E-state index contributed by atoms with van der Waals surface area (Å²) in [4.78, 5) is 2.01. The summed E-state index contributed by atoms with van der Waals surface area (Å²) in [6, 6.07) is 6.90. The lowest BCUT2D eigenvalue weighted by Gasteiger charge is -2.16. The van der Waals surface area contributed by atoms with E-state index in [0.717, 1.165) is 6.54 Å². The fraction of sp³-hybridized carbons (Fsp3) is 0.538. The first-order valence-corrected chi connectivity index (χ1v) is 8.07. The molecule has 0 unspecified atom stereocenters. The van der Waals surface area contributed by atoms with Crippen LogP contribution in [0.4, 0.5) is 5.69 Å². The van der Waals surface area contributed by atoms with E-state index in [4.69, 9.17) is 10.5 Å². The number of methoxy groups -OCH3 is 1. The summed E-state index contributed by atoms with van der Waals surface area (Å²) in [6.07, 6.45) is 0. The summed E-state index contributed by atoms with van der Waals surface area (Å²) < 4.78 is 31.4. The molecule has 0 aliphatic rings. The van der Waals surface area contributed by atoms with Gasteiger partial charge in [-0.15, -0.1) is 0 Å². The minimum atomic E-state index is -3.33. The molecule has 0 amide bonds. The Hall–Kier alpha value is -1.15. The molecule has 1 aromatic carbocycles. The first kappa shape index (κ1) is 16.9. The van der Waals surface area contributed by atoms with Gasteiger partial charge in [0.2, 0.25) is 10.0 Å². The molecule has 0 radical (unpaired) electrons. The number of sulfonamides is 1. The van der Waals surface area contributed by atoms with E-state index < -0.39 is 10.0 Å². The first-order chi connectivity index (χ1) is 9.43. The molecule has 3 N–H and O–H groups in total. The number of anilines is 1. The van der Waals surface area contributed by atoms with Crippen molar-refractivity contribution in [1.29, 1.82) is 0 Å². The monoisotopic (exact) mass is 301 g/mol. The average molecular weight is 301 g/mol. The third-order valence-corrected chi connectivity index (χ3v) is 4.16. The third kappa shape index (κ3) is 6.85. The number of likely N-dealkylation sites (N-methyl/N-ethyl adjacent to an activating group) is 1. The lowest BCUT2D eigenvalue weighted by atomic mass is 10.2. The number of nitrogens with one attached hydrogen (secondary N) is 1. The molecule has 7 heteroatoms. The Bertz CT molecular complexity index is 505. The van der Waals surface area contributed by atoms with Gasteiger partial charge in [-0.1, -0.05) is 12.1 Å². The highest BCUT2D eigenvalue weighted by Crippen LogP contribution is 2.09. The van der Waals surface area contributed by atoms with E-state index in [1.807, 2.05) is 11.9 Å². The van der Waals surface area contributed by atoms with Crippen molar-refractivity contribution in [2.24, 2.45) is 0 Å². The molecule has 0 saturated carbocycles. The molecule has 0 saturated heterocycles. The van der Waals surface area contributed by atoms with Gasteiger partial charge in [-0.05, 0) is 24.7 Å². The van der Waals surface area contributed by atoms with Crippen molar-refractivity contribution < 1.29 is 13.2 Å². The molecular weight excluding hydrogens is 278 g/mol. The number of ether oxygens (including phenoxy) is 1. The van der Waals surface area contributed by atoms with E-state index in [1.165, 1.54) is 0 Å². The number of benzene rings is 1. The van der Waals surface area contributed by atoms with Gasteiger partial charge < -0.3 is 15.4 Å². The van der Waals surface area contributed by atoms with Crippen LogP contribution < -0.4 is 10.5 Å². The van der Waals surface area contributed by atoms with Crippen molar-refractivity contribution in [2.75, 3.05) is 46.1 Å². The van der Waals surface area contributed by atoms with E-state index in [0.29, 0.717) is 30.9 Å². The summed E-state index contributed by atoms with van der Waals surface area (Å²) in [5, 5.41) is 0. The van der Waals surface area contributed by atoms with Crippen LogP contribution >= 0.6 is 0 Å². The van der Waals surface area contributed by atoms with Gasteiger partial charge in [0.15, 0.2) is 0 Å². The standard InChI is InChI=1S/C13H23N3O3S/c1-16(8-9-19-2)7-6-15-20(17,18)11-12-4-3-5-13(14)10-12/h3-5,10,15H,6-9,11,14H2,1-2H3. The van der Waals surface area contributed by atoms with Crippen molar-refractivity contribution in [3.05, 3.63) is 29.8 Å². The Morgan fingerprint density at radius 2 is 2.10 bits per heavy atom. The predicted molar refractivity (Wildman–Crippen MR) is 80.9 cm³/mol. The molecule has 0 aliphatic heterocycles. The second-order valence-electron chi connectivity index (χ2n) is 4.69. The maximum Gasteiger partial charge on any atom is 0.215 e. The Morgan fingerprint density at radius 3 is 2.75 bits per heavy atom. The van der Waals surface area contributed by atoms with Gasteiger partial charge in [-0.3, -0.25) is 0 Å². The van der Waals surface area contributed by atoms with E-state index in [9.17, 15) is 8.42 Å². The number of nitrogens with two attached hydrogens (primary N) is 1. The van der Waals surface area contributed by atoms with Crippen LogP contribution in [0.5, 0.6) is 0 Å². The van der Waals surface area contributed by atoms with Crippen LogP contribution in [0, 0.1) is 0 Å². The van der Waals surface area contributed by atoms with Crippen LogP contribution in [-0.4, -0.2) is 53.7 Å². The maximum atomic E-state index is 11.9. The molecule has 20 heavy (non-hydrogen) atoms. The van der Waals surface area contributed by atoms with Gasteiger partial charge in [0, 0.05) is 32.4 Å². The minimum Gasteiger partial charge on any atom is -0.399 e. The smallest absolute Gasteiger partial charge is 0.215 e. The number of hydrogen-bond donors (Lipinski definition) is 2. The van der Waals surface area contributed by atoms with Crippen molar-refractivity contribution >= 4 is 15.7 Å². The summed E-state index contributed by atoms with van der Waals surface area (Å²) >= 11 is 0. The van der Waals surface area contributed by atoms with Gasteiger partial charge in [0.25, 0.3) is 0 Å². The number of nitrogens with zero attached hydrogens (tertiary/aromatic N) is 1. The lowest BCUT2D eigenvalue weighted by Crippen LogP contribution is -2.34. The van der Waals surface area contributed by atoms with Gasteiger partial charge >= 0.3 is 0 Å². The van der Waals surface area contributed by atoms with Crippen molar-refractivity contribution in [2.45, 2.75) is 5.75 Å². The van der Waals surface area contributed by atoms with Crippen molar-refractivity contribution in [1.82, 2.24) is 9.62 Å². The largest absolute Gasteiger partial charge is 0.399 e. The Balaban J connectivity index is 2.38. The quantitative estimate of drug-likeness (QED) is 0.639. The summed E-state index contributed by atoms with van der Waals surface area (Å²) in [5.41, 5.74) is 6.88. The molecule has 0 aliphatic carbocycles. The predicted octanol–water partition coefficient (Wildman–Crippen LogP) is 0.266. The van der Waals surface area contributed by atoms with Crippen LogP contribution in [-0.2, 0) is 20.5 Å². The maximum absolute atomic E-state index is 11.9. The molecule has 0 fully saturated rings. The minimum absolute atomic E-state index is 0.0557. The van der Waals surface area contributed by atoms with Crippen LogP contribution in [0.2, 0.25) is 0 Å². The highest BCUT2D eigenvalue weighted by molar-refractivity contribution is 7.88. The SMILES string of the molecule is COCCN(C)CCNS(=O)(=O)Cc1cccc(N)c1. The fourth-order valence-corrected chi connectivity index (χ4v) is 2.83. The Labute approximate surface area is 121 Å². The third-order valence-electron chi connectivity index (χ3n) is 2.80. The van der Waals surface area contributed by atoms with E-state index >= 15 is 0 Å². The number of nitrogen functional groups attached to an aromatic ring is 1. The molecular formula is C13H23N3O3S. The first-order valence-electron chi connectivity index (χ1n) is 6.42. The summed E-state index contributed by atoms with van der Waals surface area (Å²) in [6.45, 7) is 2.42. The summed E-state index contributed by atoms with van der Waals surface area (Å²) in [7, 11) is 0.232. The van der Waals surface area contributed by atoms with Crippen molar-refractivity contribution in [3.63, 3.8) is 0 Å². The molecule has 6 nitrogen and oxygen atoms in total. The molecule has 0 spiro atoms. The van der Waals surface area contributed by atoms with Crippen molar-refractivity contribution in [3.8, 4) is 0 Å². The zero-order chi connectivity index (χ0) is 15.0. The molecule has 1 rings (SSSR count). The zero-order valence-electron chi connectivity index (χ0n) is 12.0. The Kier molecular flexibility index (Phi) is 6.94. The highest BCUT2D eigenvalue weighted by Gasteiger charge is 2.11. The number of hydrogen-bond acceptors (Lipinski definition) is 5. The molecule has 0 atom stereocenters. The normalized spacial score (nSPS) is 11.9. The Morgan fingerprint density at radius 1 is 1.35 bits per heavy atom. The van der Waals surface area contributed by atoms with Gasteiger partial charge in [0.05, 0.1) is 12.4 Å². The highest BCUT2D eigenvalue weighted by atomic mass is 32.2.